The number of hydrogen-bond acceptors (Lipinski definition) is 6. The maximum Gasteiger partial charge on any atom is 0.338 e. The molecule has 162 valence electrons. The standard InChI is InChI=1S/C23H20F2O6/c1-5-15-8-18(23(28)31-13(2)3)9-19(22(15)25)16-6-7-17(20(24)10-16)11-21(27)30-12-29-14(4)26/h1,6-10,13H,11-12H2,2-4H3. The highest BCUT2D eigenvalue weighted by molar-refractivity contribution is 5.92. The van der Waals surface area contributed by atoms with Gasteiger partial charge in [-0.1, -0.05) is 18.1 Å². The summed E-state index contributed by atoms with van der Waals surface area (Å²) < 4.78 is 43.6. The second-order valence-corrected chi connectivity index (χ2v) is 6.74. The highest BCUT2D eigenvalue weighted by Crippen LogP contribution is 2.29. The Morgan fingerprint density at radius 1 is 1.10 bits per heavy atom. The molecule has 0 unspecified atom stereocenters. The predicted molar refractivity (Wildman–Crippen MR) is 107 cm³/mol. The minimum Gasteiger partial charge on any atom is -0.459 e. The molecule has 0 aliphatic rings. The Morgan fingerprint density at radius 2 is 1.81 bits per heavy atom. The van der Waals surface area contributed by atoms with E-state index in [2.05, 4.69) is 15.4 Å². The molecule has 0 aromatic heterocycles. The number of carbonyl (C=O) groups is 3. The molecule has 0 atom stereocenters. The average Bonchev–Trinajstić information content (AvgIpc) is 2.69. The molecule has 0 spiro atoms. The molecule has 2 rings (SSSR count). The molecule has 2 aromatic carbocycles. The number of carbonyl (C=O) groups excluding carboxylic acids is 3. The van der Waals surface area contributed by atoms with E-state index >= 15 is 0 Å². The van der Waals surface area contributed by atoms with Crippen molar-refractivity contribution >= 4 is 17.9 Å². The minimum atomic E-state index is -0.813. The Labute approximate surface area is 178 Å². The van der Waals surface area contributed by atoms with Crippen molar-refractivity contribution in [1.82, 2.24) is 0 Å². The molecule has 0 radical (unpaired) electrons. The Balaban J connectivity index is 2.31. The van der Waals surface area contributed by atoms with Gasteiger partial charge in [0.25, 0.3) is 0 Å². The molecule has 0 heterocycles. The summed E-state index contributed by atoms with van der Waals surface area (Å²) in [5, 5.41) is 0. The van der Waals surface area contributed by atoms with Crippen LogP contribution >= 0.6 is 0 Å². The number of hydrogen-bond donors (Lipinski definition) is 0. The van der Waals surface area contributed by atoms with Crippen LogP contribution in [0.4, 0.5) is 8.78 Å². The number of rotatable bonds is 7. The lowest BCUT2D eigenvalue weighted by molar-refractivity contribution is -0.165. The summed E-state index contributed by atoms with van der Waals surface area (Å²) in [4.78, 5) is 34.6. The van der Waals surface area contributed by atoms with Crippen molar-refractivity contribution in [3.63, 3.8) is 0 Å². The normalized spacial score (nSPS) is 10.4. The van der Waals surface area contributed by atoms with Crippen LogP contribution in [0.5, 0.6) is 0 Å². The molecular weight excluding hydrogens is 410 g/mol. The van der Waals surface area contributed by atoms with Crippen LogP contribution in [0.25, 0.3) is 11.1 Å². The lowest BCUT2D eigenvalue weighted by Crippen LogP contribution is -2.13. The number of ether oxygens (including phenoxy) is 3. The van der Waals surface area contributed by atoms with Crippen molar-refractivity contribution in [2.75, 3.05) is 6.79 Å². The van der Waals surface area contributed by atoms with Gasteiger partial charge >= 0.3 is 17.9 Å². The van der Waals surface area contributed by atoms with Gasteiger partial charge in [-0.25, -0.2) is 13.6 Å². The van der Waals surface area contributed by atoms with Crippen LogP contribution in [-0.2, 0) is 30.2 Å². The van der Waals surface area contributed by atoms with Crippen LogP contribution < -0.4 is 0 Å². The Morgan fingerprint density at radius 3 is 2.39 bits per heavy atom. The highest BCUT2D eigenvalue weighted by Gasteiger charge is 2.19. The van der Waals surface area contributed by atoms with Crippen LogP contribution in [0.15, 0.2) is 30.3 Å². The SMILES string of the molecule is C#Cc1cc(C(=O)OC(C)C)cc(-c2ccc(CC(=O)OCOC(C)=O)c(F)c2)c1F. The first-order valence-electron chi connectivity index (χ1n) is 9.21. The first kappa shape index (κ1) is 23.5. The summed E-state index contributed by atoms with van der Waals surface area (Å²) in [5.41, 5.74) is -0.135. The van der Waals surface area contributed by atoms with Gasteiger partial charge < -0.3 is 14.2 Å². The molecule has 0 bridgehead atoms. The molecule has 8 heteroatoms. The Kier molecular flexibility index (Phi) is 7.86. The van der Waals surface area contributed by atoms with E-state index in [1.807, 2.05) is 0 Å². The molecule has 6 nitrogen and oxygen atoms in total. The smallest absolute Gasteiger partial charge is 0.338 e. The fourth-order valence-electron chi connectivity index (χ4n) is 2.58. The molecule has 0 aliphatic heterocycles. The summed E-state index contributed by atoms with van der Waals surface area (Å²) in [6.45, 7) is 3.90. The quantitative estimate of drug-likeness (QED) is 0.378. The Hall–Kier alpha value is -3.73. The van der Waals surface area contributed by atoms with Crippen molar-refractivity contribution in [2.24, 2.45) is 0 Å². The molecule has 0 saturated heterocycles. The first-order valence-corrected chi connectivity index (χ1v) is 9.21. The van der Waals surface area contributed by atoms with E-state index < -0.39 is 48.9 Å². The molecule has 0 saturated carbocycles. The first-order chi connectivity index (χ1) is 14.6. The second kappa shape index (κ2) is 10.3. The fraction of sp³-hybridized carbons (Fsp3) is 0.261. The van der Waals surface area contributed by atoms with E-state index in [-0.39, 0.29) is 27.8 Å². The maximum atomic E-state index is 14.8. The van der Waals surface area contributed by atoms with Crippen molar-refractivity contribution in [3.8, 4) is 23.5 Å². The number of terminal acetylenes is 1. The average molecular weight is 430 g/mol. The monoisotopic (exact) mass is 430 g/mol. The van der Waals surface area contributed by atoms with E-state index in [0.29, 0.717) is 0 Å². The number of esters is 3. The zero-order valence-corrected chi connectivity index (χ0v) is 17.2. The molecule has 0 amide bonds. The van der Waals surface area contributed by atoms with Gasteiger partial charge in [-0.2, -0.15) is 0 Å². The third kappa shape index (κ3) is 6.37. The third-order valence-electron chi connectivity index (χ3n) is 3.99. The summed E-state index contributed by atoms with van der Waals surface area (Å²) >= 11 is 0. The van der Waals surface area contributed by atoms with E-state index in [0.717, 1.165) is 13.0 Å². The lowest BCUT2D eigenvalue weighted by Gasteiger charge is -2.12. The molecule has 0 N–H and O–H groups in total. The maximum absolute atomic E-state index is 14.8. The molecule has 0 aliphatic carbocycles. The second-order valence-electron chi connectivity index (χ2n) is 6.74. The summed E-state index contributed by atoms with van der Waals surface area (Å²) in [6, 6.07) is 6.10. The van der Waals surface area contributed by atoms with Gasteiger partial charge in [-0.05, 0) is 43.2 Å². The summed E-state index contributed by atoms with van der Waals surface area (Å²) in [5.74, 6) is -1.56. The highest BCUT2D eigenvalue weighted by atomic mass is 19.1. The van der Waals surface area contributed by atoms with Gasteiger partial charge in [0.15, 0.2) is 0 Å². The van der Waals surface area contributed by atoms with Crippen molar-refractivity contribution in [2.45, 2.75) is 33.3 Å². The van der Waals surface area contributed by atoms with Gasteiger partial charge in [-0.15, -0.1) is 6.42 Å². The number of halogens is 2. The van der Waals surface area contributed by atoms with Gasteiger partial charge in [0, 0.05) is 12.5 Å². The largest absolute Gasteiger partial charge is 0.459 e. The molecule has 0 fully saturated rings. The van der Waals surface area contributed by atoms with Crippen LogP contribution in [-0.4, -0.2) is 30.8 Å². The van der Waals surface area contributed by atoms with Crippen LogP contribution in [0.2, 0.25) is 0 Å². The van der Waals surface area contributed by atoms with E-state index in [4.69, 9.17) is 11.2 Å². The topological polar surface area (TPSA) is 78.9 Å². The fourth-order valence-corrected chi connectivity index (χ4v) is 2.58. The van der Waals surface area contributed by atoms with Crippen molar-refractivity contribution in [3.05, 3.63) is 58.7 Å². The summed E-state index contributed by atoms with van der Waals surface area (Å²) in [7, 11) is 0. The van der Waals surface area contributed by atoms with E-state index in [1.165, 1.54) is 24.3 Å². The van der Waals surface area contributed by atoms with Gasteiger partial charge in [-0.3, -0.25) is 9.59 Å². The molecular formula is C23H20F2O6. The third-order valence-corrected chi connectivity index (χ3v) is 3.99. The zero-order valence-electron chi connectivity index (χ0n) is 17.2. The van der Waals surface area contributed by atoms with Crippen LogP contribution in [0.1, 0.15) is 42.3 Å². The van der Waals surface area contributed by atoms with Gasteiger partial charge in [0.2, 0.25) is 6.79 Å². The van der Waals surface area contributed by atoms with Gasteiger partial charge in [0.1, 0.15) is 11.6 Å². The zero-order chi connectivity index (χ0) is 23.1. The summed E-state index contributed by atoms with van der Waals surface area (Å²) in [6.07, 6.45) is 4.52. The van der Waals surface area contributed by atoms with Crippen LogP contribution in [0, 0.1) is 24.0 Å². The van der Waals surface area contributed by atoms with E-state index in [1.54, 1.807) is 13.8 Å². The van der Waals surface area contributed by atoms with E-state index in [9.17, 15) is 23.2 Å². The molecule has 2 aromatic rings. The van der Waals surface area contributed by atoms with Crippen molar-refractivity contribution < 1.29 is 37.4 Å². The lowest BCUT2D eigenvalue weighted by atomic mass is 9.97. The van der Waals surface area contributed by atoms with Gasteiger partial charge in [0.05, 0.1) is 23.7 Å². The molecule has 31 heavy (non-hydrogen) atoms. The number of benzene rings is 2. The Bertz CT molecular complexity index is 1050. The van der Waals surface area contributed by atoms with Crippen molar-refractivity contribution in [1.29, 1.82) is 0 Å². The van der Waals surface area contributed by atoms with Crippen LogP contribution in [0.3, 0.4) is 0 Å². The predicted octanol–water partition coefficient (Wildman–Crippen LogP) is 3.78. The minimum absolute atomic E-state index is 0.00970.